The fourth-order valence-electron chi connectivity index (χ4n) is 3.95. The fourth-order valence-corrected chi connectivity index (χ4v) is 3.95. The number of nitrogens with zero attached hydrogens (tertiary/aromatic N) is 4. The van der Waals surface area contributed by atoms with Gasteiger partial charge in [-0.1, -0.05) is 0 Å². The van der Waals surface area contributed by atoms with E-state index in [4.69, 9.17) is 0 Å². The van der Waals surface area contributed by atoms with Crippen molar-refractivity contribution in [1.29, 1.82) is 0 Å². The Balaban J connectivity index is 0.000001000. The van der Waals surface area contributed by atoms with Gasteiger partial charge in [0.25, 0.3) is 0 Å². The van der Waals surface area contributed by atoms with E-state index in [2.05, 4.69) is 23.9 Å². The summed E-state index contributed by atoms with van der Waals surface area (Å²) < 4.78 is 2.86. The first-order chi connectivity index (χ1) is 8.62. The van der Waals surface area contributed by atoms with Crippen LogP contribution < -0.4 is 0 Å². The molecular formula is C14H30N4Y2+2. The molecule has 0 aromatic heterocycles. The van der Waals surface area contributed by atoms with Crippen LogP contribution in [0.2, 0.25) is 0 Å². The van der Waals surface area contributed by atoms with Crippen molar-refractivity contribution in [3.63, 3.8) is 0 Å². The zero-order valence-electron chi connectivity index (χ0n) is 13.4. The van der Waals surface area contributed by atoms with Crippen LogP contribution in [0, 0.1) is 0 Å². The van der Waals surface area contributed by atoms with E-state index < -0.39 is 0 Å². The predicted octanol–water partition coefficient (Wildman–Crippen LogP) is -0.481. The van der Waals surface area contributed by atoms with Gasteiger partial charge in [0.05, 0.1) is 26.2 Å². The van der Waals surface area contributed by atoms with Gasteiger partial charge in [0, 0.05) is 91.6 Å². The number of rotatable bonds is 0. The Morgan fingerprint density at radius 3 is 1.00 bits per heavy atom. The Kier molecular flexibility index (Phi) is 8.27. The summed E-state index contributed by atoms with van der Waals surface area (Å²) in [4.78, 5) is 5.00. The Morgan fingerprint density at radius 2 is 0.750 bits per heavy atom. The minimum atomic E-state index is 0. The molecule has 3 aliphatic heterocycles. The molecule has 3 fully saturated rings. The zero-order chi connectivity index (χ0) is 12.6. The largest absolute Gasteiger partial charge is 0.312 e. The third kappa shape index (κ3) is 4.54. The van der Waals surface area contributed by atoms with Crippen molar-refractivity contribution in [2.24, 2.45) is 0 Å². The van der Waals surface area contributed by atoms with Crippen molar-refractivity contribution in [3.05, 3.63) is 0 Å². The number of quaternary nitrogens is 2. The van der Waals surface area contributed by atoms with Gasteiger partial charge in [-0.2, -0.15) is 0 Å². The molecule has 20 heavy (non-hydrogen) atoms. The third-order valence-electron chi connectivity index (χ3n) is 5.92. The molecule has 0 atom stereocenters. The molecule has 0 bridgehead atoms. The number of likely N-dealkylation sites (N-methyl/N-ethyl adjacent to an activating group) is 2. The van der Waals surface area contributed by atoms with E-state index in [-0.39, 0.29) is 65.4 Å². The van der Waals surface area contributed by atoms with E-state index in [1.54, 1.807) is 0 Å². The van der Waals surface area contributed by atoms with Crippen LogP contribution in [0.25, 0.3) is 0 Å². The van der Waals surface area contributed by atoms with E-state index in [0.717, 1.165) is 0 Å². The molecule has 110 valence electrons. The fraction of sp³-hybridized carbons (Fsp3) is 1.00. The number of hydrogen-bond acceptors (Lipinski definition) is 2. The normalized spacial score (nSPS) is 29.7. The van der Waals surface area contributed by atoms with Gasteiger partial charge in [-0.3, -0.25) is 9.80 Å². The molecule has 0 aromatic carbocycles. The first kappa shape index (κ1) is 20.1. The van der Waals surface area contributed by atoms with Crippen LogP contribution in [-0.4, -0.2) is 111 Å². The van der Waals surface area contributed by atoms with Gasteiger partial charge in [0.15, 0.2) is 0 Å². The van der Waals surface area contributed by atoms with Crippen LogP contribution in [0.4, 0.5) is 0 Å². The summed E-state index contributed by atoms with van der Waals surface area (Å²) in [6, 6.07) is 0. The van der Waals surface area contributed by atoms with Gasteiger partial charge in [0.2, 0.25) is 0 Å². The van der Waals surface area contributed by atoms with Crippen LogP contribution in [-0.2, 0) is 65.4 Å². The molecular weight excluding hydrogens is 402 g/mol. The smallest absolute Gasteiger partial charge is 0.129 e. The van der Waals surface area contributed by atoms with Crippen LogP contribution in [0.3, 0.4) is 0 Å². The van der Waals surface area contributed by atoms with Gasteiger partial charge in [-0.05, 0) is 14.1 Å². The summed E-state index contributed by atoms with van der Waals surface area (Å²) in [5, 5.41) is 0. The molecule has 0 saturated carbocycles. The van der Waals surface area contributed by atoms with Gasteiger partial charge >= 0.3 is 0 Å². The Labute approximate surface area is 175 Å². The minimum absolute atomic E-state index is 0. The number of hydrogen-bond donors (Lipinski definition) is 0. The SMILES string of the molecule is CN1CC[N+]2(CC1)CC[N+]1(CCN(C)CC1)CC2.[Y].[Y]. The molecule has 3 saturated heterocycles. The average molecular weight is 432 g/mol. The summed E-state index contributed by atoms with van der Waals surface area (Å²) in [5.74, 6) is 0. The third-order valence-corrected chi connectivity index (χ3v) is 5.92. The van der Waals surface area contributed by atoms with Crippen LogP contribution in [0.5, 0.6) is 0 Å². The molecule has 3 heterocycles. The van der Waals surface area contributed by atoms with Crippen molar-refractivity contribution in [2.45, 2.75) is 0 Å². The molecule has 6 heteroatoms. The molecule has 0 amide bonds. The first-order valence-corrected chi connectivity index (χ1v) is 7.69. The molecule has 0 aliphatic carbocycles. The molecule has 2 spiro atoms. The Hall–Kier alpha value is 2.05. The van der Waals surface area contributed by atoms with Gasteiger partial charge in [-0.15, -0.1) is 0 Å². The average Bonchev–Trinajstić information content (AvgIpc) is 2.41. The maximum absolute atomic E-state index is 2.50. The quantitative estimate of drug-likeness (QED) is 0.478. The second kappa shape index (κ2) is 8.24. The minimum Gasteiger partial charge on any atom is -0.312 e. The maximum atomic E-state index is 2.50. The van der Waals surface area contributed by atoms with Crippen molar-refractivity contribution in [2.75, 3.05) is 92.6 Å². The van der Waals surface area contributed by atoms with E-state index in [9.17, 15) is 0 Å². The standard InChI is InChI=1S/C14H30N4.2Y/c1-15-3-7-17(8-4-15)11-13-18(14-12-17)9-5-16(2)6-10-18;;/h3-14H2,1-2H3;;/q+2;;. The van der Waals surface area contributed by atoms with E-state index in [0.29, 0.717) is 0 Å². The summed E-state index contributed by atoms with van der Waals surface area (Å²) in [5.41, 5.74) is 0. The monoisotopic (exact) mass is 432 g/mol. The van der Waals surface area contributed by atoms with Crippen molar-refractivity contribution in [1.82, 2.24) is 9.80 Å². The predicted molar refractivity (Wildman–Crippen MR) is 74.5 cm³/mol. The summed E-state index contributed by atoms with van der Waals surface area (Å²) in [7, 11) is 4.54. The molecule has 3 aliphatic rings. The topological polar surface area (TPSA) is 6.48 Å². The molecule has 0 unspecified atom stereocenters. The van der Waals surface area contributed by atoms with Crippen LogP contribution in [0.1, 0.15) is 0 Å². The second-order valence-electron chi connectivity index (χ2n) is 7.08. The molecule has 2 radical (unpaired) electrons. The maximum Gasteiger partial charge on any atom is 0.129 e. The van der Waals surface area contributed by atoms with Gasteiger partial charge in [0.1, 0.15) is 26.2 Å². The second-order valence-corrected chi connectivity index (χ2v) is 7.08. The Bertz CT molecular complexity index is 256. The van der Waals surface area contributed by atoms with E-state index in [1.807, 2.05) is 0 Å². The first-order valence-electron chi connectivity index (χ1n) is 7.69. The summed E-state index contributed by atoms with van der Waals surface area (Å²) in [6.07, 6.45) is 0. The van der Waals surface area contributed by atoms with E-state index >= 15 is 0 Å². The van der Waals surface area contributed by atoms with Crippen molar-refractivity contribution >= 4 is 0 Å². The zero-order valence-corrected chi connectivity index (χ0v) is 19.1. The molecule has 0 aromatic rings. The number of piperazine rings is 3. The molecule has 4 nitrogen and oxygen atoms in total. The summed E-state index contributed by atoms with van der Waals surface area (Å²) in [6.45, 7) is 16.6. The van der Waals surface area contributed by atoms with Crippen molar-refractivity contribution < 1.29 is 74.4 Å². The van der Waals surface area contributed by atoms with Gasteiger partial charge < -0.3 is 8.97 Å². The van der Waals surface area contributed by atoms with Crippen LogP contribution in [0.15, 0.2) is 0 Å². The molecule has 3 rings (SSSR count). The summed E-state index contributed by atoms with van der Waals surface area (Å²) >= 11 is 0. The molecule has 0 N–H and O–H groups in total. The van der Waals surface area contributed by atoms with Crippen LogP contribution >= 0.6 is 0 Å². The Morgan fingerprint density at radius 1 is 0.500 bits per heavy atom. The van der Waals surface area contributed by atoms with E-state index in [1.165, 1.54) is 87.5 Å². The van der Waals surface area contributed by atoms with Crippen molar-refractivity contribution in [3.8, 4) is 0 Å². The van der Waals surface area contributed by atoms with Gasteiger partial charge in [-0.25, -0.2) is 0 Å².